The molecule has 0 fully saturated rings. The number of terminal acetylenes is 1. The number of fused-ring (bicyclic) bond motifs is 4. The van der Waals surface area contributed by atoms with Crippen LogP contribution >= 0.6 is 0 Å². The molecule has 2 atom stereocenters. The van der Waals surface area contributed by atoms with Gasteiger partial charge in [0.05, 0.1) is 23.0 Å². The molecule has 56 heavy (non-hydrogen) atoms. The first-order valence-corrected chi connectivity index (χ1v) is 21.8. The summed E-state index contributed by atoms with van der Waals surface area (Å²) in [7, 11) is -9.47. The second kappa shape index (κ2) is 15.1. The number of rotatable bonds is 12. The standard InChI is InChI=1S/C42H49N3O9S2/c1-8-17-43-33(46)16-10-9-13-18-44-55(49,50)38-32-23-41(4,5)21-24(2)28(32)19-30-34(26-14-11-12-15-27(26)40(47)48)31-20-29-25(3)22-42(6,7)45-35(29)39(56(51,52)53)37(31)54-36(30)38/h1,11-12,14-15,19-20,24-25,44H,9-10,13,16-18,21-23H2,2-7H3,(H,43,46)(H,47,48)(H,51,52,53). The predicted octanol–water partition coefficient (Wildman–Crippen LogP) is 5.55. The molecule has 1 amide bonds. The van der Waals surface area contributed by atoms with Crippen molar-refractivity contribution in [2.24, 2.45) is 10.4 Å². The van der Waals surface area contributed by atoms with E-state index in [0.717, 1.165) is 12.0 Å². The lowest BCUT2D eigenvalue weighted by Crippen LogP contribution is -2.38. The molecule has 14 heteroatoms. The monoisotopic (exact) mass is 803 g/mol. The fourth-order valence-corrected chi connectivity index (χ4v) is 11.0. The Kier molecular flexibility index (Phi) is 11.1. The van der Waals surface area contributed by atoms with Crippen LogP contribution in [0.25, 0.3) is 5.57 Å². The molecule has 0 spiro atoms. The van der Waals surface area contributed by atoms with Crippen molar-refractivity contribution in [3.8, 4) is 23.8 Å². The molecule has 2 aliphatic heterocycles. The van der Waals surface area contributed by atoms with Crippen molar-refractivity contribution < 1.29 is 40.8 Å². The molecular formula is C42H49N3O9S2. The number of nitrogens with one attached hydrogen (secondary N) is 2. The third kappa shape index (κ3) is 8.00. The van der Waals surface area contributed by atoms with Gasteiger partial charge >= 0.3 is 5.97 Å². The lowest BCUT2D eigenvalue weighted by Gasteiger charge is -2.38. The Morgan fingerprint density at radius 3 is 2.32 bits per heavy atom. The molecule has 4 N–H and O–H groups in total. The zero-order valence-electron chi connectivity index (χ0n) is 32.6. The number of hydrogen-bond donors (Lipinski definition) is 4. The summed E-state index contributed by atoms with van der Waals surface area (Å²) in [6.45, 7) is 12.0. The zero-order valence-corrected chi connectivity index (χ0v) is 34.2. The minimum atomic E-state index is -5.07. The number of aromatic carboxylic acids is 1. The third-order valence-corrected chi connectivity index (χ3v) is 13.3. The second-order valence-corrected chi connectivity index (χ2v) is 19.7. The third-order valence-electron chi connectivity index (χ3n) is 10.9. The predicted molar refractivity (Wildman–Crippen MR) is 212 cm³/mol. The van der Waals surface area contributed by atoms with E-state index >= 15 is 0 Å². The number of carbonyl (C=O) groups excluding carboxylic acids is 1. The van der Waals surface area contributed by atoms with E-state index in [0.29, 0.717) is 43.2 Å². The molecule has 0 aromatic heterocycles. The maximum atomic E-state index is 14.8. The number of sulfonamides is 1. The number of amides is 1. The van der Waals surface area contributed by atoms with Gasteiger partial charge in [-0.2, -0.15) is 8.42 Å². The second-order valence-electron chi connectivity index (χ2n) is 16.6. The summed E-state index contributed by atoms with van der Waals surface area (Å²) in [5.41, 5.74) is 1.47. The molecule has 0 saturated carbocycles. The summed E-state index contributed by atoms with van der Waals surface area (Å²) >= 11 is 0. The van der Waals surface area contributed by atoms with Gasteiger partial charge in [0.25, 0.3) is 10.1 Å². The molecule has 12 nitrogen and oxygen atoms in total. The maximum Gasteiger partial charge on any atom is 0.336 e. The quantitative estimate of drug-likeness (QED) is 0.0809. The molecule has 298 valence electrons. The topological polar surface area (TPSA) is 189 Å². The van der Waals surface area contributed by atoms with E-state index in [1.54, 1.807) is 24.3 Å². The highest BCUT2D eigenvalue weighted by molar-refractivity contribution is 7.89. The van der Waals surface area contributed by atoms with Crippen LogP contribution < -0.4 is 25.4 Å². The van der Waals surface area contributed by atoms with Crippen molar-refractivity contribution >= 4 is 37.6 Å². The highest BCUT2D eigenvalue weighted by Crippen LogP contribution is 2.51. The minimum absolute atomic E-state index is 0.0209. The number of carboxylic acid groups (broad SMARTS) is 1. The maximum absolute atomic E-state index is 14.8. The van der Waals surface area contributed by atoms with Gasteiger partial charge < -0.3 is 15.2 Å². The minimum Gasteiger partial charge on any atom is -0.478 e. The Labute approximate surface area is 328 Å². The normalized spacial score (nSPS) is 19.2. The lowest BCUT2D eigenvalue weighted by molar-refractivity contribution is -0.120. The Balaban J connectivity index is 1.64. The number of benzene rings is 3. The summed E-state index contributed by atoms with van der Waals surface area (Å²) in [5.74, 6) is 0.108. The largest absolute Gasteiger partial charge is 0.478 e. The SMILES string of the molecule is C#CCNC(=O)CCCCCNS(=O)(=O)c1c2c(cc3c1Oc1c(S(=O)(=O)O)c4c(cc1=C3c1ccccc1C(=O)O)C(C)CC(C)(C)N=4)C(C)CC(C)(C)C2. The van der Waals surface area contributed by atoms with Crippen molar-refractivity contribution in [2.75, 3.05) is 13.1 Å². The molecule has 0 saturated heterocycles. The summed E-state index contributed by atoms with van der Waals surface area (Å²) < 4.78 is 76.9. The van der Waals surface area contributed by atoms with Crippen molar-refractivity contribution in [3.05, 3.63) is 80.4 Å². The van der Waals surface area contributed by atoms with Gasteiger partial charge in [0.15, 0.2) is 16.4 Å². The Hall–Kier alpha value is -4.55. The van der Waals surface area contributed by atoms with Crippen LogP contribution in [0.5, 0.6) is 11.5 Å². The van der Waals surface area contributed by atoms with Gasteiger partial charge in [-0.3, -0.25) is 14.3 Å². The van der Waals surface area contributed by atoms with Gasteiger partial charge in [-0.1, -0.05) is 58.2 Å². The Morgan fingerprint density at radius 1 is 0.946 bits per heavy atom. The van der Waals surface area contributed by atoms with E-state index < -0.39 is 36.5 Å². The molecule has 1 aliphatic carbocycles. The summed E-state index contributed by atoms with van der Waals surface area (Å²) in [4.78, 5) is 28.8. The number of carbonyl (C=O) groups is 2. The molecule has 2 unspecified atom stereocenters. The molecule has 0 radical (unpaired) electrons. The van der Waals surface area contributed by atoms with Gasteiger partial charge in [0, 0.05) is 29.3 Å². The number of hydrogen-bond acceptors (Lipinski definition) is 8. The van der Waals surface area contributed by atoms with Crippen molar-refractivity contribution in [1.82, 2.24) is 10.0 Å². The Morgan fingerprint density at radius 2 is 1.64 bits per heavy atom. The molecule has 0 bridgehead atoms. The average Bonchev–Trinajstić information content (AvgIpc) is 3.08. The fraction of sp³-hybridized carbons (Fsp3) is 0.452. The van der Waals surface area contributed by atoms with Gasteiger partial charge in [-0.15, -0.1) is 6.42 Å². The number of unbranched alkanes of at least 4 members (excludes halogenated alkanes) is 2. The summed E-state index contributed by atoms with van der Waals surface area (Å²) in [5, 5.41) is 13.3. The first-order chi connectivity index (χ1) is 26.2. The number of carboxylic acids is 1. The summed E-state index contributed by atoms with van der Waals surface area (Å²) in [6.07, 6.45) is 8.61. The molecule has 3 aromatic rings. The average molecular weight is 804 g/mol. The van der Waals surface area contributed by atoms with E-state index in [1.165, 1.54) is 6.07 Å². The van der Waals surface area contributed by atoms with E-state index in [4.69, 9.17) is 16.2 Å². The highest BCUT2D eigenvalue weighted by atomic mass is 32.2. The summed E-state index contributed by atoms with van der Waals surface area (Å²) in [6, 6.07) is 9.87. The van der Waals surface area contributed by atoms with Crippen LogP contribution in [0.1, 0.15) is 130 Å². The van der Waals surface area contributed by atoms with Crippen LogP contribution in [0.4, 0.5) is 0 Å². The van der Waals surface area contributed by atoms with Gasteiger partial charge in [0.2, 0.25) is 15.9 Å². The zero-order chi connectivity index (χ0) is 41.0. The molecule has 3 aliphatic rings. The van der Waals surface area contributed by atoms with Gasteiger partial charge in [-0.05, 0) is 104 Å². The molecule has 3 aromatic carbocycles. The molecule has 2 heterocycles. The van der Waals surface area contributed by atoms with Crippen LogP contribution in [0, 0.1) is 17.8 Å². The highest BCUT2D eigenvalue weighted by Gasteiger charge is 2.42. The van der Waals surface area contributed by atoms with Crippen molar-refractivity contribution in [3.63, 3.8) is 0 Å². The molecule has 6 rings (SSSR count). The van der Waals surface area contributed by atoms with Crippen molar-refractivity contribution in [1.29, 1.82) is 0 Å². The van der Waals surface area contributed by atoms with Crippen molar-refractivity contribution in [2.45, 2.75) is 114 Å². The fourth-order valence-electron chi connectivity index (χ4n) is 8.79. The smallest absolute Gasteiger partial charge is 0.336 e. The first-order valence-electron chi connectivity index (χ1n) is 18.8. The van der Waals surface area contributed by atoms with Gasteiger partial charge in [0.1, 0.15) is 4.90 Å². The molecular weight excluding hydrogens is 755 g/mol. The van der Waals surface area contributed by atoms with Crippen LogP contribution in [0.2, 0.25) is 0 Å². The Bertz CT molecular complexity index is 2540. The number of ether oxygens (including phenoxy) is 1. The first kappa shape index (κ1) is 41.1. The van der Waals surface area contributed by atoms with Crippen LogP contribution in [-0.4, -0.2) is 57.0 Å². The number of nitrogens with zero attached hydrogens (tertiary/aromatic N) is 1. The van der Waals surface area contributed by atoms with E-state index in [1.807, 2.05) is 33.8 Å². The van der Waals surface area contributed by atoms with E-state index in [9.17, 15) is 36.1 Å². The van der Waals surface area contributed by atoms with Gasteiger partial charge in [-0.25, -0.2) is 17.9 Å². The van der Waals surface area contributed by atoms with E-state index in [-0.39, 0.29) is 91.9 Å². The van der Waals surface area contributed by atoms with Crippen LogP contribution in [0.15, 0.2) is 51.2 Å². The lowest BCUT2D eigenvalue weighted by atomic mass is 9.69. The van der Waals surface area contributed by atoms with E-state index in [2.05, 4.69) is 29.8 Å². The van der Waals surface area contributed by atoms with Crippen LogP contribution in [-0.2, 0) is 31.4 Å². The van der Waals surface area contributed by atoms with Crippen LogP contribution in [0.3, 0.4) is 0 Å².